The fraction of sp³-hybridized carbons (Fsp3) is 0.625. The molecule has 0 unspecified atom stereocenters. The van der Waals surface area contributed by atoms with Gasteiger partial charge < -0.3 is 14.6 Å². The van der Waals surface area contributed by atoms with E-state index in [0.29, 0.717) is 18.9 Å². The van der Waals surface area contributed by atoms with Crippen LogP contribution in [-0.2, 0) is 14.3 Å². The summed E-state index contributed by atoms with van der Waals surface area (Å²) in [6, 6.07) is 0. The van der Waals surface area contributed by atoms with Crippen LogP contribution in [0.4, 0.5) is 0 Å². The number of ether oxygens (including phenoxy) is 2. The van der Waals surface area contributed by atoms with E-state index >= 15 is 0 Å². The highest BCUT2D eigenvalue weighted by atomic mass is 16.5. The highest BCUT2D eigenvalue weighted by molar-refractivity contribution is 5.74. The SMILES string of the molecule is C=C1CC[C@@H]2C(C)(C)[C@@H](O)CC[C@@]2(C)[C@@H]1COC1=C[C@H]2OC(=O)CC=C2C=C1. The summed E-state index contributed by atoms with van der Waals surface area (Å²) in [5, 5.41) is 10.6. The maximum atomic E-state index is 11.6. The Labute approximate surface area is 168 Å². The number of fused-ring (bicyclic) bond motifs is 2. The molecule has 1 N–H and O–H groups in total. The predicted molar refractivity (Wildman–Crippen MR) is 108 cm³/mol. The molecule has 28 heavy (non-hydrogen) atoms. The first kappa shape index (κ1) is 19.5. The summed E-state index contributed by atoms with van der Waals surface area (Å²) < 4.78 is 11.6. The second-order valence-electron chi connectivity index (χ2n) is 9.72. The Morgan fingerprint density at radius 3 is 2.86 bits per heavy atom. The molecule has 4 heteroatoms. The number of esters is 1. The Morgan fingerprint density at radius 1 is 1.29 bits per heavy atom. The first-order valence-corrected chi connectivity index (χ1v) is 10.5. The molecule has 1 aliphatic heterocycles. The maximum Gasteiger partial charge on any atom is 0.310 e. The Balaban J connectivity index is 1.50. The molecule has 0 amide bonds. The molecule has 0 spiro atoms. The molecule has 4 aliphatic rings. The lowest BCUT2D eigenvalue weighted by molar-refractivity contribution is -0.145. The molecular formula is C24H32O4. The smallest absolute Gasteiger partial charge is 0.310 e. The maximum absolute atomic E-state index is 11.6. The molecule has 0 radical (unpaired) electrons. The number of allylic oxidation sites excluding steroid dienone is 1. The average molecular weight is 385 g/mol. The molecule has 5 atom stereocenters. The zero-order valence-electron chi connectivity index (χ0n) is 17.2. The van der Waals surface area contributed by atoms with Crippen molar-refractivity contribution in [3.05, 3.63) is 47.8 Å². The van der Waals surface area contributed by atoms with Crippen LogP contribution in [0.5, 0.6) is 0 Å². The molecular weight excluding hydrogens is 352 g/mol. The topological polar surface area (TPSA) is 55.8 Å². The number of hydrogen-bond donors (Lipinski definition) is 1. The summed E-state index contributed by atoms with van der Waals surface area (Å²) in [7, 11) is 0. The third-order valence-electron chi connectivity index (χ3n) is 7.82. The molecule has 4 nitrogen and oxygen atoms in total. The van der Waals surface area contributed by atoms with E-state index in [1.54, 1.807) is 0 Å². The molecule has 3 aliphatic carbocycles. The number of aliphatic hydroxyl groups is 1. The molecule has 0 aromatic rings. The van der Waals surface area contributed by atoms with Crippen LogP contribution in [-0.4, -0.2) is 29.9 Å². The third kappa shape index (κ3) is 3.16. The van der Waals surface area contributed by atoms with Gasteiger partial charge in [-0.15, -0.1) is 0 Å². The van der Waals surface area contributed by atoms with E-state index in [4.69, 9.17) is 9.47 Å². The molecule has 4 rings (SSSR count). The van der Waals surface area contributed by atoms with Crippen molar-refractivity contribution in [2.75, 3.05) is 6.61 Å². The van der Waals surface area contributed by atoms with Gasteiger partial charge in [-0.05, 0) is 54.1 Å². The zero-order chi connectivity index (χ0) is 20.1. The van der Waals surface area contributed by atoms with Gasteiger partial charge in [-0.3, -0.25) is 4.79 Å². The Kier molecular flexibility index (Phi) is 4.81. The lowest BCUT2D eigenvalue weighted by Crippen LogP contribution is -2.55. The van der Waals surface area contributed by atoms with Crippen molar-refractivity contribution >= 4 is 5.97 Å². The van der Waals surface area contributed by atoms with Gasteiger partial charge in [0.2, 0.25) is 0 Å². The minimum Gasteiger partial charge on any atom is -0.493 e. The van der Waals surface area contributed by atoms with Crippen LogP contribution < -0.4 is 0 Å². The van der Waals surface area contributed by atoms with Crippen molar-refractivity contribution in [2.24, 2.45) is 22.7 Å². The van der Waals surface area contributed by atoms with E-state index < -0.39 is 0 Å². The van der Waals surface area contributed by atoms with Crippen molar-refractivity contribution in [1.82, 2.24) is 0 Å². The van der Waals surface area contributed by atoms with Gasteiger partial charge in [-0.2, -0.15) is 0 Å². The average Bonchev–Trinajstić information content (AvgIpc) is 2.64. The monoisotopic (exact) mass is 384 g/mol. The van der Waals surface area contributed by atoms with Crippen molar-refractivity contribution in [2.45, 2.75) is 65.1 Å². The van der Waals surface area contributed by atoms with Crippen LogP contribution >= 0.6 is 0 Å². The number of hydrogen-bond acceptors (Lipinski definition) is 4. The molecule has 0 aromatic heterocycles. The summed E-state index contributed by atoms with van der Waals surface area (Å²) in [5.74, 6) is 1.27. The first-order chi connectivity index (χ1) is 13.2. The minimum absolute atomic E-state index is 0.0827. The second-order valence-corrected chi connectivity index (χ2v) is 9.72. The van der Waals surface area contributed by atoms with Crippen molar-refractivity contribution in [3.63, 3.8) is 0 Å². The van der Waals surface area contributed by atoms with Gasteiger partial charge in [0.1, 0.15) is 11.9 Å². The van der Waals surface area contributed by atoms with Gasteiger partial charge in [0.15, 0.2) is 0 Å². The summed E-state index contributed by atoms with van der Waals surface area (Å²) >= 11 is 0. The van der Waals surface area contributed by atoms with Crippen LogP contribution in [0, 0.1) is 22.7 Å². The summed E-state index contributed by atoms with van der Waals surface area (Å²) in [6.07, 6.45) is 11.4. The molecule has 0 aromatic carbocycles. The van der Waals surface area contributed by atoms with Crippen molar-refractivity contribution in [1.29, 1.82) is 0 Å². The lowest BCUT2D eigenvalue weighted by Gasteiger charge is -2.59. The van der Waals surface area contributed by atoms with Gasteiger partial charge in [0.25, 0.3) is 0 Å². The quantitative estimate of drug-likeness (QED) is 0.576. The van der Waals surface area contributed by atoms with Gasteiger partial charge in [-0.25, -0.2) is 0 Å². The molecule has 2 saturated carbocycles. The van der Waals surface area contributed by atoms with E-state index in [9.17, 15) is 9.90 Å². The highest BCUT2D eigenvalue weighted by Crippen LogP contribution is 2.60. The van der Waals surface area contributed by atoms with Crippen molar-refractivity contribution in [3.8, 4) is 0 Å². The number of carbonyl (C=O) groups is 1. The van der Waals surface area contributed by atoms with E-state index in [1.165, 1.54) is 5.57 Å². The zero-order valence-corrected chi connectivity index (χ0v) is 17.2. The van der Waals surface area contributed by atoms with E-state index in [1.807, 2.05) is 24.3 Å². The van der Waals surface area contributed by atoms with E-state index in [2.05, 4.69) is 27.4 Å². The molecule has 152 valence electrons. The first-order valence-electron chi connectivity index (χ1n) is 10.5. The van der Waals surface area contributed by atoms with Crippen LogP contribution in [0.2, 0.25) is 0 Å². The van der Waals surface area contributed by atoms with Crippen LogP contribution in [0.15, 0.2) is 47.8 Å². The fourth-order valence-electron chi connectivity index (χ4n) is 6.00. The van der Waals surface area contributed by atoms with Crippen LogP contribution in [0.1, 0.15) is 52.9 Å². The Hall–Kier alpha value is -1.81. The Morgan fingerprint density at radius 2 is 2.07 bits per heavy atom. The summed E-state index contributed by atoms with van der Waals surface area (Å²) in [4.78, 5) is 11.6. The molecule has 0 saturated heterocycles. The second kappa shape index (κ2) is 6.91. The molecule has 0 bridgehead atoms. The number of rotatable bonds is 3. The standard InChI is InChI=1S/C24H32O4/c1-15-5-9-20-23(2,3)21(25)11-12-24(20,4)18(15)14-27-17-8-6-16-7-10-22(26)28-19(16)13-17/h6-8,13,18-21,25H,1,5,9-12,14H2,2-4H3/t18-,19-,20-,21+,24+/m1/s1. The fourth-order valence-corrected chi connectivity index (χ4v) is 6.00. The molecule has 1 heterocycles. The Bertz CT molecular complexity index is 771. The summed E-state index contributed by atoms with van der Waals surface area (Å²) in [6.45, 7) is 11.7. The predicted octanol–water partition coefficient (Wildman–Crippen LogP) is 4.47. The number of aliphatic hydroxyl groups excluding tert-OH is 1. The largest absolute Gasteiger partial charge is 0.493 e. The highest BCUT2D eigenvalue weighted by Gasteiger charge is 2.56. The minimum atomic E-state index is -0.331. The van der Waals surface area contributed by atoms with Gasteiger partial charge in [-0.1, -0.05) is 45.1 Å². The van der Waals surface area contributed by atoms with Gasteiger partial charge >= 0.3 is 5.97 Å². The number of carbonyl (C=O) groups excluding carboxylic acids is 1. The van der Waals surface area contributed by atoms with E-state index in [-0.39, 0.29) is 34.9 Å². The lowest BCUT2D eigenvalue weighted by atomic mass is 9.47. The molecule has 2 fully saturated rings. The normalized spacial score (nSPS) is 39.3. The van der Waals surface area contributed by atoms with Gasteiger partial charge in [0, 0.05) is 12.0 Å². The summed E-state index contributed by atoms with van der Waals surface area (Å²) in [5.41, 5.74) is 2.27. The van der Waals surface area contributed by atoms with Crippen LogP contribution in [0.3, 0.4) is 0 Å². The third-order valence-corrected chi connectivity index (χ3v) is 7.82. The van der Waals surface area contributed by atoms with E-state index in [0.717, 1.165) is 37.0 Å². The van der Waals surface area contributed by atoms with Crippen LogP contribution in [0.25, 0.3) is 0 Å². The van der Waals surface area contributed by atoms with Gasteiger partial charge in [0.05, 0.1) is 19.1 Å². The van der Waals surface area contributed by atoms with Crippen molar-refractivity contribution < 1.29 is 19.4 Å².